The van der Waals surface area contributed by atoms with Crippen molar-refractivity contribution in [1.29, 1.82) is 0 Å². The first kappa shape index (κ1) is 12.2. The molecule has 0 N–H and O–H groups in total. The highest BCUT2D eigenvalue weighted by atomic mass is 32.1. The summed E-state index contributed by atoms with van der Waals surface area (Å²) in [5.41, 5.74) is 1.08. The molecule has 2 heterocycles. The molecule has 1 aromatic carbocycles. The number of amides is 1. The Kier molecular flexibility index (Phi) is 3.51. The lowest BCUT2D eigenvalue weighted by Crippen LogP contribution is -2.33. The van der Waals surface area contributed by atoms with E-state index in [1.807, 2.05) is 46.7 Å². The Bertz CT molecular complexity index is 565. The number of rotatable bonds is 2. The zero-order chi connectivity index (χ0) is 13.1. The van der Waals surface area contributed by atoms with Crippen molar-refractivity contribution in [3.63, 3.8) is 0 Å². The number of hydrogen-bond donors (Lipinski definition) is 0. The maximum Gasteiger partial charge on any atom is 0.228 e. The first-order chi connectivity index (χ1) is 9.33. The standard InChI is InChI=1S/C15H15NO2S/c17-15(10-13-5-3-9-19-13)16-7-8-18-14-6-2-1-4-12(14)11-16/h1-6,9H,7-8,10-11H2. The summed E-state index contributed by atoms with van der Waals surface area (Å²) in [5, 5.41) is 2.00. The van der Waals surface area contributed by atoms with Crippen LogP contribution in [0.2, 0.25) is 0 Å². The predicted molar refractivity (Wildman–Crippen MR) is 75.4 cm³/mol. The van der Waals surface area contributed by atoms with Gasteiger partial charge in [-0.1, -0.05) is 24.3 Å². The fourth-order valence-corrected chi connectivity index (χ4v) is 2.91. The van der Waals surface area contributed by atoms with Gasteiger partial charge < -0.3 is 9.64 Å². The summed E-state index contributed by atoms with van der Waals surface area (Å²) < 4.78 is 5.67. The van der Waals surface area contributed by atoms with Crippen LogP contribution in [-0.4, -0.2) is 24.0 Å². The van der Waals surface area contributed by atoms with Crippen LogP contribution in [0.15, 0.2) is 41.8 Å². The van der Waals surface area contributed by atoms with Gasteiger partial charge in [-0.05, 0) is 17.5 Å². The second kappa shape index (κ2) is 5.45. The van der Waals surface area contributed by atoms with Gasteiger partial charge in [0.1, 0.15) is 12.4 Å². The molecule has 1 aliphatic rings. The number of fused-ring (bicyclic) bond motifs is 1. The van der Waals surface area contributed by atoms with E-state index in [2.05, 4.69) is 0 Å². The average molecular weight is 273 g/mol. The molecule has 0 saturated heterocycles. The fourth-order valence-electron chi connectivity index (χ4n) is 2.21. The minimum Gasteiger partial charge on any atom is -0.491 e. The van der Waals surface area contributed by atoms with Gasteiger partial charge in [0.05, 0.1) is 13.0 Å². The van der Waals surface area contributed by atoms with Crippen molar-refractivity contribution in [2.24, 2.45) is 0 Å². The van der Waals surface area contributed by atoms with E-state index < -0.39 is 0 Å². The highest BCUT2D eigenvalue weighted by molar-refractivity contribution is 7.10. The average Bonchev–Trinajstić information content (AvgIpc) is 2.82. The normalized spacial score (nSPS) is 14.4. The van der Waals surface area contributed by atoms with Crippen molar-refractivity contribution in [1.82, 2.24) is 4.90 Å². The monoisotopic (exact) mass is 273 g/mol. The molecule has 3 rings (SSSR count). The van der Waals surface area contributed by atoms with Gasteiger partial charge in [0.2, 0.25) is 5.91 Å². The Balaban J connectivity index is 1.73. The molecule has 98 valence electrons. The van der Waals surface area contributed by atoms with Gasteiger partial charge in [-0.15, -0.1) is 11.3 Å². The van der Waals surface area contributed by atoms with E-state index in [1.54, 1.807) is 11.3 Å². The van der Waals surface area contributed by atoms with E-state index in [9.17, 15) is 4.79 Å². The molecule has 0 atom stereocenters. The maximum atomic E-state index is 12.3. The number of ether oxygens (including phenoxy) is 1. The molecule has 0 unspecified atom stereocenters. The third kappa shape index (κ3) is 2.79. The van der Waals surface area contributed by atoms with E-state index in [0.29, 0.717) is 26.1 Å². The van der Waals surface area contributed by atoms with Gasteiger partial charge >= 0.3 is 0 Å². The second-order valence-corrected chi connectivity index (χ2v) is 5.56. The Hall–Kier alpha value is -1.81. The summed E-state index contributed by atoms with van der Waals surface area (Å²) in [4.78, 5) is 15.3. The van der Waals surface area contributed by atoms with Crippen LogP contribution in [-0.2, 0) is 17.8 Å². The van der Waals surface area contributed by atoms with Crippen molar-refractivity contribution >= 4 is 17.2 Å². The van der Waals surface area contributed by atoms with E-state index in [-0.39, 0.29) is 5.91 Å². The first-order valence-corrected chi connectivity index (χ1v) is 7.22. The fraction of sp³-hybridized carbons (Fsp3) is 0.267. The van der Waals surface area contributed by atoms with Crippen molar-refractivity contribution in [2.75, 3.05) is 13.2 Å². The summed E-state index contributed by atoms with van der Waals surface area (Å²) in [7, 11) is 0. The molecule has 3 nitrogen and oxygen atoms in total. The van der Waals surface area contributed by atoms with Crippen LogP contribution in [0.4, 0.5) is 0 Å². The number of carbonyl (C=O) groups excluding carboxylic acids is 1. The topological polar surface area (TPSA) is 29.5 Å². The third-order valence-electron chi connectivity index (χ3n) is 3.21. The van der Waals surface area contributed by atoms with Crippen LogP contribution in [0.3, 0.4) is 0 Å². The van der Waals surface area contributed by atoms with Crippen molar-refractivity contribution in [3.8, 4) is 5.75 Å². The van der Waals surface area contributed by atoms with Crippen LogP contribution in [0.1, 0.15) is 10.4 Å². The first-order valence-electron chi connectivity index (χ1n) is 6.34. The lowest BCUT2D eigenvalue weighted by molar-refractivity contribution is -0.131. The smallest absolute Gasteiger partial charge is 0.228 e. The molecular weight excluding hydrogens is 258 g/mol. The Morgan fingerprint density at radius 2 is 2.16 bits per heavy atom. The molecular formula is C15H15NO2S. The molecule has 19 heavy (non-hydrogen) atoms. The highest BCUT2D eigenvalue weighted by Gasteiger charge is 2.19. The molecule has 1 aliphatic heterocycles. The summed E-state index contributed by atoms with van der Waals surface area (Å²) in [6, 6.07) is 11.9. The largest absolute Gasteiger partial charge is 0.491 e. The quantitative estimate of drug-likeness (QED) is 0.842. The van der Waals surface area contributed by atoms with Gasteiger partial charge in [-0.2, -0.15) is 0 Å². The van der Waals surface area contributed by atoms with Gasteiger partial charge in [-0.25, -0.2) is 0 Å². The van der Waals surface area contributed by atoms with Crippen LogP contribution in [0.25, 0.3) is 0 Å². The zero-order valence-electron chi connectivity index (χ0n) is 10.5. The molecule has 0 fully saturated rings. The Labute approximate surface area is 116 Å². The van der Waals surface area contributed by atoms with Crippen molar-refractivity contribution in [3.05, 3.63) is 52.2 Å². The van der Waals surface area contributed by atoms with E-state index in [1.165, 1.54) is 0 Å². The number of benzene rings is 1. The maximum absolute atomic E-state index is 12.3. The molecule has 0 bridgehead atoms. The molecule has 0 aliphatic carbocycles. The van der Waals surface area contributed by atoms with Crippen LogP contribution in [0.5, 0.6) is 5.75 Å². The minimum absolute atomic E-state index is 0.169. The summed E-state index contributed by atoms with van der Waals surface area (Å²) in [5.74, 6) is 1.07. The van der Waals surface area contributed by atoms with Crippen molar-refractivity contribution in [2.45, 2.75) is 13.0 Å². The number of thiophene rings is 1. The molecule has 1 amide bonds. The minimum atomic E-state index is 0.169. The number of para-hydroxylation sites is 1. The third-order valence-corrected chi connectivity index (χ3v) is 4.09. The Morgan fingerprint density at radius 1 is 1.26 bits per heavy atom. The molecule has 0 spiro atoms. The van der Waals surface area contributed by atoms with E-state index in [0.717, 1.165) is 16.2 Å². The van der Waals surface area contributed by atoms with Crippen LogP contribution < -0.4 is 4.74 Å². The van der Waals surface area contributed by atoms with Gasteiger partial charge in [-0.3, -0.25) is 4.79 Å². The van der Waals surface area contributed by atoms with Crippen molar-refractivity contribution < 1.29 is 9.53 Å². The van der Waals surface area contributed by atoms with Crippen LogP contribution >= 0.6 is 11.3 Å². The highest BCUT2D eigenvalue weighted by Crippen LogP contribution is 2.23. The van der Waals surface area contributed by atoms with Gasteiger partial charge in [0.15, 0.2) is 0 Å². The van der Waals surface area contributed by atoms with E-state index >= 15 is 0 Å². The molecule has 0 saturated carbocycles. The zero-order valence-corrected chi connectivity index (χ0v) is 11.4. The summed E-state index contributed by atoms with van der Waals surface area (Å²) in [6.07, 6.45) is 0.486. The number of hydrogen-bond acceptors (Lipinski definition) is 3. The summed E-state index contributed by atoms with van der Waals surface area (Å²) in [6.45, 7) is 1.85. The van der Waals surface area contributed by atoms with Crippen LogP contribution in [0, 0.1) is 0 Å². The summed E-state index contributed by atoms with van der Waals surface area (Å²) >= 11 is 1.63. The lowest BCUT2D eigenvalue weighted by atomic mass is 10.2. The predicted octanol–water partition coefficient (Wildman–Crippen LogP) is 2.71. The molecule has 1 aromatic heterocycles. The van der Waals surface area contributed by atoms with Gasteiger partial charge in [0, 0.05) is 17.0 Å². The number of nitrogens with zero attached hydrogens (tertiary/aromatic N) is 1. The van der Waals surface area contributed by atoms with E-state index in [4.69, 9.17) is 4.74 Å². The van der Waals surface area contributed by atoms with Gasteiger partial charge in [0.25, 0.3) is 0 Å². The Morgan fingerprint density at radius 3 is 3.00 bits per heavy atom. The second-order valence-electron chi connectivity index (χ2n) is 4.53. The SMILES string of the molecule is O=C(Cc1cccs1)N1CCOc2ccccc2C1. The molecule has 0 radical (unpaired) electrons. The molecule has 4 heteroatoms. The number of carbonyl (C=O) groups is 1. The molecule has 2 aromatic rings. The lowest BCUT2D eigenvalue weighted by Gasteiger charge is -2.19.